The summed E-state index contributed by atoms with van der Waals surface area (Å²) in [5, 5.41) is 7.93. The molecule has 1 unspecified atom stereocenters. The molecule has 0 saturated carbocycles. The van der Waals surface area contributed by atoms with Crippen LogP contribution in [0.3, 0.4) is 0 Å². The van der Waals surface area contributed by atoms with Crippen LogP contribution in [-0.4, -0.2) is 52.3 Å². The van der Waals surface area contributed by atoms with Gasteiger partial charge in [-0.25, -0.2) is 4.52 Å². The zero-order chi connectivity index (χ0) is 26.5. The molecule has 0 spiro atoms. The lowest BCUT2D eigenvalue weighted by atomic mass is 9.92. The number of pyridine rings is 1. The first kappa shape index (κ1) is 25.2. The van der Waals surface area contributed by atoms with Crippen molar-refractivity contribution in [1.29, 1.82) is 0 Å². The second kappa shape index (κ2) is 11.3. The Kier molecular flexibility index (Phi) is 7.49. The van der Waals surface area contributed by atoms with Crippen LogP contribution in [0.15, 0.2) is 83.5 Å². The van der Waals surface area contributed by atoms with Crippen LogP contribution in [-0.2, 0) is 0 Å². The van der Waals surface area contributed by atoms with Gasteiger partial charge in [-0.15, -0.1) is 5.10 Å². The molecular formula is C30H32N6O2. The van der Waals surface area contributed by atoms with Crippen molar-refractivity contribution in [1.82, 2.24) is 19.5 Å². The van der Waals surface area contributed by atoms with Gasteiger partial charge in [0.05, 0.1) is 12.8 Å². The molecule has 8 nitrogen and oxygen atoms in total. The number of hydrogen-bond acceptors (Lipinski definition) is 6. The van der Waals surface area contributed by atoms with Gasteiger partial charge in [-0.1, -0.05) is 13.0 Å². The quantitative estimate of drug-likeness (QED) is 0.316. The molecule has 5 rings (SSSR count). The number of nitrogens with one attached hydrogen (secondary N) is 1. The Morgan fingerprint density at radius 1 is 1.11 bits per heavy atom. The summed E-state index contributed by atoms with van der Waals surface area (Å²) in [5.41, 5.74) is 5.32. The molecule has 1 atom stereocenters. The number of ether oxygens (including phenoxy) is 1. The van der Waals surface area contributed by atoms with Gasteiger partial charge in [-0.05, 0) is 91.4 Å². The number of hydrogen-bond donors (Lipinski definition) is 1. The second-order valence-corrected chi connectivity index (χ2v) is 9.43. The summed E-state index contributed by atoms with van der Waals surface area (Å²) in [6, 6.07) is 21.1. The van der Waals surface area contributed by atoms with Crippen molar-refractivity contribution in [3.8, 4) is 17.0 Å². The summed E-state index contributed by atoms with van der Waals surface area (Å²) in [6.07, 6.45) is 7.00. The first-order chi connectivity index (χ1) is 18.6. The minimum absolute atomic E-state index is 0.0180. The number of nitrogens with zero attached hydrogens (tertiary/aromatic N) is 5. The first-order valence-corrected chi connectivity index (χ1v) is 12.9. The molecule has 1 aliphatic heterocycles. The molecule has 3 heterocycles. The summed E-state index contributed by atoms with van der Waals surface area (Å²) in [4.78, 5) is 23.9. The number of benzene rings is 2. The molecule has 1 amide bonds. The number of carbonyl (C=O) groups is 1. The van der Waals surface area contributed by atoms with E-state index in [0.29, 0.717) is 24.0 Å². The summed E-state index contributed by atoms with van der Waals surface area (Å²) < 4.78 is 7.08. The number of likely N-dealkylation sites (N-methyl/N-ethyl adjacent to an activating group) is 1. The zero-order valence-corrected chi connectivity index (χ0v) is 22.0. The number of methoxy groups -OCH3 is 1. The number of aromatic nitrogens is 3. The van der Waals surface area contributed by atoms with Crippen molar-refractivity contribution in [3.05, 3.63) is 84.1 Å². The van der Waals surface area contributed by atoms with Crippen molar-refractivity contribution in [2.24, 2.45) is 10.9 Å². The predicted molar refractivity (Wildman–Crippen MR) is 151 cm³/mol. The van der Waals surface area contributed by atoms with Crippen LogP contribution < -0.4 is 10.1 Å². The van der Waals surface area contributed by atoms with Gasteiger partial charge >= 0.3 is 0 Å². The molecule has 2 aromatic heterocycles. The van der Waals surface area contributed by atoms with Gasteiger partial charge in [-0.2, -0.15) is 4.98 Å². The number of fused-ring (bicyclic) bond motifs is 1. The Hall–Kier alpha value is -4.46. The Morgan fingerprint density at radius 3 is 2.63 bits per heavy atom. The van der Waals surface area contributed by atoms with Crippen molar-refractivity contribution in [2.75, 3.05) is 26.0 Å². The highest BCUT2D eigenvalue weighted by Crippen LogP contribution is 2.26. The molecule has 0 radical (unpaired) electrons. The van der Waals surface area contributed by atoms with Gasteiger partial charge in [0.25, 0.3) is 5.91 Å². The normalized spacial score (nSPS) is 15.1. The maximum Gasteiger partial charge on any atom is 0.253 e. The van der Waals surface area contributed by atoms with E-state index < -0.39 is 0 Å². The first-order valence-electron chi connectivity index (χ1n) is 12.9. The standard InChI is InChI=1S/C30H32N6O2/c1-4-21-7-6-18-31-19-24(21)20-35(2)29(37)23-10-14-25(15-11-23)32-30-33-28-9-5-8-27(36(28)34-30)22-12-16-26(38-3)17-13-22/h5,8-19,21H,4,6-7,20H2,1-3H3,(H,32,34). The number of carbonyl (C=O) groups excluding carboxylic acids is 1. The van der Waals surface area contributed by atoms with Crippen LogP contribution in [0.5, 0.6) is 5.75 Å². The Morgan fingerprint density at radius 2 is 1.89 bits per heavy atom. The van der Waals surface area contributed by atoms with Gasteiger partial charge < -0.3 is 15.0 Å². The highest BCUT2D eigenvalue weighted by molar-refractivity contribution is 5.94. The summed E-state index contributed by atoms with van der Waals surface area (Å²) in [7, 11) is 3.50. The SMILES string of the molecule is CCC1CCC=NC=C1CN(C)C(=O)c1ccc(Nc2nc3cccc(-c4ccc(OC)cc4)n3n2)cc1. The maximum absolute atomic E-state index is 13.1. The van der Waals surface area contributed by atoms with E-state index in [2.05, 4.69) is 27.3 Å². The highest BCUT2D eigenvalue weighted by Gasteiger charge is 2.19. The summed E-state index contributed by atoms with van der Waals surface area (Å²) in [5.74, 6) is 1.72. The Labute approximate surface area is 222 Å². The summed E-state index contributed by atoms with van der Waals surface area (Å²) in [6.45, 7) is 2.77. The van der Waals surface area contributed by atoms with Crippen molar-refractivity contribution >= 4 is 29.4 Å². The molecule has 4 aromatic rings. The van der Waals surface area contributed by atoms with Gasteiger partial charge in [-0.3, -0.25) is 9.79 Å². The molecule has 8 heteroatoms. The van der Waals surface area contributed by atoms with Crippen molar-refractivity contribution in [3.63, 3.8) is 0 Å². The Balaban J connectivity index is 1.28. The average Bonchev–Trinajstić information content (AvgIpc) is 3.23. The predicted octanol–water partition coefficient (Wildman–Crippen LogP) is 6.00. The fourth-order valence-electron chi connectivity index (χ4n) is 4.76. The third-order valence-electron chi connectivity index (χ3n) is 6.91. The van der Waals surface area contributed by atoms with Crippen LogP contribution in [0.1, 0.15) is 36.5 Å². The molecule has 38 heavy (non-hydrogen) atoms. The summed E-state index contributed by atoms with van der Waals surface area (Å²) >= 11 is 0. The van der Waals surface area contributed by atoms with Gasteiger partial charge in [0, 0.05) is 42.8 Å². The molecule has 0 fully saturated rings. The van der Waals surface area contributed by atoms with E-state index in [-0.39, 0.29) is 5.91 Å². The number of rotatable bonds is 8. The molecule has 194 valence electrons. The van der Waals surface area contributed by atoms with Crippen LogP contribution in [0.25, 0.3) is 16.9 Å². The van der Waals surface area contributed by atoms with Crippen LogP contribution in [0.4, 0.5) is 11.6 Å². The molecule has 1 N–H and O–H groups in total. The van der Waals surface area contributed by atoms with Crippen LogP contribution in [0, 0.1) is 5.92 Å². The van der Waals surface area contributed by atoms with E-state index in [1.165, 1.54) is 5.57 Å². The minimum Gasteiger partial charge on any atom is -0.497 e. The monoisotopic (exact) mass is 508 g/mol. The van der Waals surface area contributed by atoms with Crippen LogP contribution >= 0.6 is 0 Å². The molecule has 0 saturated heterocycles. The topological polar surface area (TPSA) is 84.1 Å². The van der Waals surface area contributed by atoms with Gasteiger partial charge in [0.15, 0.2) is 5.65 Å². The van der Waals surface area contributed by atoms with Crippen molar-refractivity contribution < 1.29 is 9.53 Å². The average molecular weight is 509 g/mol. The lowest BCUT2D eigenvalue weighted by Gasteiger charge is -2.23. The minimum atomic E-state index is -0.0180. The van der Waals surface area contributed by atoms with E-state index in [0.717, 1.165) is 47.6 Å². The molecule has 2 aromatic carbocycles. The van der Waals surface area contributed by atoms with E-state index in [1.54, 1.807) is 12.0 Å². The largest absolute Gasteiger partial charge is 0.497 e. The second-order valence-electron chi connectivity index (χ2n) is 9.43. The van der Waals surface area contributed by atoms with E-state index in [4.69, 9.17) is 4.74 Å². The third kappa shape index (κ3) is 5.44. The van der Waals surface area contributed by atoms with Crippen LogP contribution in [0.2, 0.25) is 0 Å². The third-order valence-corrected chi connectivity index (χ3v) is 6.91. The van der Waals surface area contributed by atoms with E-state index >= 15 is 0 Å². The lowest BCUT2D eigenvalue weighted by Crippen LogP contribution is -2.30. The Bertz CT molecular complexity index is 1470. The highest BCUT2D eigenvalue weighted by atomic mass is 16.5. The molecule has 1 aliphatic rings. The number of aliphatic imine (C=N–C) groups is 1. The van der Waals surface area contributed by atoms with E-state index in [1.807, 2.05) is 90.7 Å². The molecule has 0 bridgehead atoms. The number of amides is 1. The molecule has 0 aliphatic carbocycles. The fraction of sp³-hybridized carbons (Fsp3) is 0.267. The van der Waals surface area contributed by atoms with Gasteiger partial charge in [0.1, 0.15) is 5.75 Å². The maximum atomic E-state index is 13.1. The smallest absolute Gasteiger partial charge is 0.253 e. The lowest BCUT2D eigenvalue weighted by molar-refractivity contribution is 0.0803. The van der Waals surface area contributed by atoms with E-state index in [9.17, 15) is 4.79 Å². The van der Waals surface area contributed by atoms with Gasteiger partial charge in [0.2, 0.25) is 5.95 Å². The fourth-order valence-corrected chi connectivity index (χ4v) is 4.76. The number of anilines is 2. The zero-order valence-electron chi connectivity index (χ0n) is 22.0. The molecular weight excluding hydrogens is 476 g/mol. The van der Waals surface area contributed by atoms with Crippen molar-refractivity contribution in [2.45, 2.75) is 26.2 Å².